The van der Waals surface area contributed by atoms with E-state index in [0.29, 0.717) is 12.2 Å². The monoisotopic (exact) mass is 254 g/mol. The largest absolute Gasteiger partial charge is 0.446 e. The van der Waals surface area contributed by atoms with Crippen LogP contribution in [0.1, 0.15) is 26.7 Å². The quantitative estimate of drug-likeness (QED) is 0.685. The van der Waals surface area contributed by atoms with E-state index < -0.39 is 18.1 Å². The molecule has 2 aliphatic rings. The average Bonchev–Trinajstić information content (AvgIpc) is 2.76. The van der Waals surface area contributed by atoms with Gasteiger partial charge in [0, 0.05) is 12.2 Å². The zero-order valence-corrected chi connectivity index (χ0v) is 10.6. The standard InChI is InChI=1S/C11H14N2O3S/c1-7(5-12)16-10(15)8-6-17-11(2)4-3-9(14)13(8)11/h7-8H,3-4,6H2,1-2H3/t7-,8-,11+/m1/s1. The van der Waals surface area contributed by atoms with E-state index in [0.717, 1.165) is 6.42 Å². The van der Waals surface area contributed by atoms with Crippen molar-refractivity contribution in [3.05, 3.63) is 0 Å². The van der Waals surface area contributed by atoms with Crippen LogP contribution < -0.4 is 0 Å². The number of fused-ring (bicyclic) bond motifs is 1. The van der Waals surface area contributed by atoms with E-state index in [9.17, 15) is 9.59 Å². The highest BCUT2D eigenvalue weighted by molar-refractivity contribution is 8.01. The maximum atomic E-state index is 11.9. The van der Waals surface area contributed by atoms with Crippen molar-refractivity contribution in [1.29, 1.82) is 5.26 Å². The summed E-state index contributed by atoms with van der Waals surface area (Å²) in [6, 6.07) is 1.31. The Morgan fingerprint density at radius 3 is 3.12 bits per heavy atom. The number of nitrogens with zero attached hydrogens (tertiary/aromatic N) is 2. The van der Waals surface area contributed by atoms with E-state index in [4.69, 9.17) is 10.00 Å². The number of hydrogen-bond donors (Lipinski definition) is 0. The SMILES string of the molecule is C[C@H](C#N)OC(=O)[C@H]1CS[C@@]2(C)CCC(=O)N12. The molecule has 2 aliphatic heterocycles. The van der Waals surface area contributed by atoms with Gasteiger partial charge in [-0.05, 0) is 20.3 Å². The topological polar surface area (TPSA) is 70.4 Å². The molecule has 17 heavy (non-hydrogen) atoms. The van der Waals surface area contributed by atoms with Crippen LogP contribution in [0.5, 0.6) is 0 Å². The zero-order valence-electron chi connectivity index (χ0n) is 9.80. The predicted molar refractivity (Wildman–Crippen MR) is 61.9 cm³/mol. The Bertz CT molecular complexity index is 406. The number of rotatable bonds is 2. The second-order valence-corrected chi connectivity index (χ2v) is 5.98. The van der Waals surface area contributed by atoms with Crippen molar-refractivity contribution in [3.63, 3.8) is 0 Å². The Morgan fingerprint density at radius 1 is 1.76 bits per heavy atom. The fraction of sp³-hybridized carbons (Fsp3) is 0.727. The van der Waals surface area contributed by atoms with Crippen LogP contribution in [-0.4, -0.2) is 39.5 Å². The van der Waals surface area contributed by atoms with E-state index in [2.05, 4.69) is 0 Å². The molecule has 0 N–H and O–H groups in total. The third kappa shape index (κ3) is 2.00. The average molecular weight is 254 g/mol. The summed E-state index contributed by atoms with van der Waals surface area (Å²) in [5, 5.41) is 8.60. The minimum Gasteiger partial charge on any atom is -0.446 e. The highest BCUT2D eigenvalue weighted by Crippen LogP contribution is 2.47. The second kappa shape index (κ2) is 4.22. The van der Waals surface area contributed by atoms with Crippen LogP contribution in [-0.2, 0) is 14.3 Å². The Morgan fingerprint density at radius 2 is 2.47 bits per heavy atom. The van der Waals surface area contributed by atoms with Gasteiger partial charge in [-0.1, -0.05) is 0 Å². The number of esters is 1. The van der Waals surface area contributed by atoms with E-state index in [1.54, 1.807) is 16.7 Å². The first kappa shape index (κ1) is 12.2. The molecule has 0 spiro atoms. The highest BCUT2D eigenvalue weighted by Gasteiger charge is 2.53. The molecule has 6 heteroatoms. The smallest absolute Gasteiger partial charge is 0.331 e. The van der Waals surface area contributed by atoms with Crippen LogP contribution in [0, 0.1) is 11.3 Å². The van der Waals surface area contributed by atoms with Crippen molar-refractivity contribution in [2.75, 3.05) is 5.75 Å². The van der Waals surface area contributed by atoms with Gasteiger partial charge in [-0.15, -0.1) is 11.8 Å². The summed E-state index contributed by atoms with van der Waals surface area (Å²) < 4.78 is 4.98. The number of hydrogen-bond acceptors (Lipinski definition) is 5. The predicted octanol–water partition coefficient (Wildman–Crippen LogP) is 0.896. The van der Waals surface area contributed by atoms with Crippen LogP contribution in [0.25, 0.3) is 0 Å². The molecule has 2 rings (SSSR count). The van der Waals surface area contributed by atoms with E-state index in [-0.39, 0.29) is 10.8 Å². The summed E-state index contributed by atoms with van der Waals surface area (Å²) in [5.74, 6) is 0.0914. The van der Waals surface area contributed by atoms with Crippen LogP contribution in [0.4, 0.5) is 0 Å². The van der Waals surface area contributed by atoms with Gasteiger partial charge >= 0.3 is 5.97 Å². The van der Waals surface area contributed by atoms with E-state index >= 15 is 0 Å². The molecule has 0 aliphatic carbocycles. The molecule has 2 fully saturated rings. The molecule has 0 saturated carbocycles. The summed E-state index contributed by atoms with van der Waals surface area (Å²) in [7, 11) is 0. The number of carbonyl (C=O) groups is 2. The van der Waals surface area contributed by atoms with E-state index in [1.807, 2.05) is 13.0 Å². The van der Waals surface area contributed by atoms with Crippen molar-refractivity contribution in [2.24, 2.45) is 0 Å². The summed E-state index contributed by atoms with van der Waals surface area (Å²) in [6.07, 6.45) is 0.492. The van der Waals surface area contributed by atoms with Gasteiger partial charge in [-0.3, -0.25) is 4.79 Å². The molecule has 0 aromatic carbocycles. The fourth-order valence-electron chi connectivity index (χ4n) is 2.27. The van der Waals surface area contributed by atoms with Crippen molar-refractivity contribution in [1.82, 2.24) is 4.90 Å². The third-order valence-corrected chi connectivity index (χ3v) is 4.70. The van der Waals surface area contributed by atoms with Crippen LogP contribution in [0.2, 0.25) is 0 Å². The Kier molecular flexibility index (Phi) is 3.04. The minimum absolute atomic E-state index is 0.00376. The summed E-state index contributed by atoms with van der Waals surface area (Å²) in [5.41, 5.74) is 0. The molecule has 0 unspecified atom stereocenters. The maximum absolute atomic E-state index is 11.9. The zero-order chi connectivity index (χ0) is 12.6. The fourth-order valence-corrected chi connectivity index (χ4v) is 3.69. The normalized spacial score (nSPS) is 33.1. The van der Waals surface area contributed by atoms with Crippen molar-refractivity contribution >= 4 is 23.6 Å². The highest BCUT2D eigenvalue weighted by atomic mass is 32.2. The molecular weight excluding hydrogens is 240 g/mol. The van der Waals surface area contributed by atoms with Crippen molar-refractivity contribution < 1.29 is 14.3 Å². The summed E-state index contributed by atoms with van der Waals surface area (Å²) in [4.78, 5) is 25.0. The lowest BCUT2D eigenvalue weighted by Gasteiger charge is -2.29. The first-order valence-corrected chi connectivity index (χ1v) is 6.53. The molecule has 5 nitrogen and oxygen atoms in total. The third-order valence-electron chi connectivity index (χ3n) is 3.19. The Balaban J connectivity index is 2.11. The lowest BCUT2D eigenvalue weighted by molar-refractivity contribution is -0.155. The first-order chi connectivity index (χ1) is 7.98. The van der Waals surface area contributed by atoms with Crippen molar-refractivity contribution in [3.8, 4) is 6.07 Å². The maximum Gasteiger partial charge on any atom is 0.331 e. The molecule has 1 amide bonds. The van der Waals surface area contributed by atoms with Gasteiger partial charge in [0.1, 0.15) is 12.1 Å². The number of ether oxygens (including phenoxy) is 1. The molecule has 0 aromatic rings. The van der Waals surface area contributed by atoms with Crippen LogP contribution in [0.15, 0.2) is 0 Å². The molecule has 3 atom stereocenters. The lowest BCUT2D eigenvalue weighted by atomic mass is 10.2. The molecule has 2 saturated heterocycles. The summed E-state index contributed by atoms with van der Waals surface area (Å²) >= 11 is 1.61. The number of amides is 1. The van der Waals surface area contributed by atoms with Gasteiger partial charge in [0.15, 0.2) is 6.10 Å². The Labute approximate surface area is 104 Å². The Hall–Kier alpha value is -1.22. The molecular formula is C11H14N2O3S. The molecule has 0 aromatic heterocycles. The van der Waals surface area contributed by atoms with E-state index in [1.165, 1.54) is 6.92 Å². The van der Waals surface area contributed by atoms with Gasteiger partial charge in [-0.25, -0.2) is 4.79 Å². The first-order valence-electron chi connectivity index (χ1n) is 5.54. The van der Waals surface area contributed by atoms with Gasteiger partial charge in [-0.2, -0.15) is 5.26 Å². The lowest BCUT2D eigenvalue weighted by Crippen LogP contribution is -2.47. The molecule has 0 bridgehead atoms. The van der Waals surface area contributed by atoms with Gasteiger partial charge < -0.3 is 9.64 Å². The number of carbonyl (C=O) groups excluding carboxylic acids is 2. The minimum atomic E-state index is -0.767. The van der Waals surface area contributed by atoms with Crippen molar-refractivity contribution in [2.45, 2.75) is 43.7 Å². The van der Waals surface area contributed by atoms with Gasteiger partial charge in [0.2, 0.25) is 5.91 Å². The molecule has 92 valence electrons. The number of thioether (sulfide) groups is 1. The van der Waals surface area contributed by atoms with Gasteiger partial charge in [0.25, 0.3) is 0 Å². The van der Waals surface area contributed by atoms with Crippen LogP contribution in [0.3, 0.4) is 0 Å². The molecule has 2 heterocycles. The molecule has 0 radical (unpaired) electrons. The van der Waals surface area contributed by atoms with Crippen LogP contribution >= 0.6 is 11.8 Å². The second-order valence-electron chi connectivity index (χ2n) is 4.47. The number of nitriles is 1. The summed E-state index contributed by atoms with van der Waals surface area (Å²) in [6.45, 7) is 3.49. The van der Waals surface area contributed by atoms with Gasteiger partial charge in [0.05, 0.1) is 4.87 Å².